The van der Waals surface area contributed by atoms with Crippen molar-refractivity contribution >= 4 is 23.4 Å². The molecule has 0 aliphatic heterocycles. The highest BCUT2D eigenvalue weighted by molar-refractivity contribution is 5.95. The Balaban J connectivity index is 2.70. The highest BCUT2D eigenvalue weighted by Gasteiger charge is 2.11. The van der Waals surface area contributed by atoms with Crippen molar-refractivity contribution in [3.05, 3.63) is 24.3 Å². The molecule has 0 aliphatic carbocycles. The number of rotatable bonds is 4. The second-order valence-electron chi connectivity index (χ2n) is 3.70. The topological polar surface area (TPSA) is 93.5 Å². The minimum absolute atomic E-state index is 0.257. The van der Waals surface area contributed by atoms with Gasteiger partial charge in [-0.15, -0.1) is 0 Å². The number of carbonyl (C=O) groups is 2. The van der Waals surface area contributed by atoms with Gasteiger partial charge in [0.15, 0.2) is 0 Å². The largest absolute Gasteiger partial charge is 0.453 e. The third-order valence-electron chi connectivity index (χ3n) is 2.34. The van der Waals surface area contributed by atoms with Crippen LogP contribution in [0.2, 0.25) is 0 Å². The summed E-state index contributed by atoms with van der Waals surface area (Å²) in [6, 6.07) is 6.19. The molecule has 0 radical (unpaired) electrons. The van der Waals surface area contributed by atoms with Crippen molar-refractivity contribution in [2.75, 3.05) is 17.7 Å². The summed E-state index contributed by atoms with van der Waals surface area (Å²) in [5.74, 6) is -0.257. The highest BCUT2D eigenvalue weighted by Crippen LogP contribution is 2.15. The van der Waals surface area contributed by atoms with Crippen molar-refractivity contribution < 1.29 is 14.3 Å². The quantitative estimate of drug-likeness (QED) is 0.756. The van der Waals surface area contributed by atoms with Gasteiger partial charge in [0.25, 0.3) is 0 Å². The lowest BCUT2D eigenvalue weighted by molar-refractivity contribution is -0.117. The summed E-state index contributed by atoms with van der Waals surface area (Å²) in [6.07, 6.45) is -0.00454. The van der Waals surface area contributed by atoms with Crippen molar-refractivity contribution in [1.82, 2.24) is 0 Å². The van der Waals surface area contributed by atoms with E-state index in [-0.39, 0.29) is 5.91 Å². The Hall–Kier alpha value is -2.08. The van der Waals surface area contributed by atoms with Gasteiger partial charge in [-0.3, -0.25) is 10.1 Å². The van der Waals surface area contributed by atoms with E-state index in [1.54, 1.807) is 24.3 Å². The Morgan fingerprint density at radius 3 is 2.50 bits per heavy atom. The molecule has 0 saturated heterocycles. The first-order valence-corrected chi connectivity index (χ1v) is 5.58. The van der Waals surface area contributed by atoms with Gasteiger partial charge in [0.2, 0.25) is 5.91 Å². The van der Waals surface area contributed by atoms with Crippen molar-refractivity contribution in [2.45, 2.75) is 19.4 Å². The Kier molecular flexibility index (Phi) is 5.13. The van der Waals surface area contributed by atoms with Gasteiger partial charge < -0.3 is 15.8 Å². The average molecular weight is 251 g/mol. The van der Waals surface area contributed by atoms with E-state index in [0.717, 1.165) is 0 Å². The van der Waals surface area contributed by atoms with Crippen LogP contribution in [0.4, 0.5) is 16.2 Å². The number of amides is 2. The lowest BCUT2D eigenvalue weighted by Crippen LogP contribution is -2.34. The summed E-state index contributed by atoms with van der Waals surface area (Å²) in [7, 11) is 1.28. The first kappa shape index (κ1) is 14.0. The van der Waals surface area contributed by atoms with Gasteiger partial charge in [-0.05, 0) is 24.6 Å². The zero-order valence-electron chi connectivity index (χ0n) is 10.4. The Morgan fingerprint density at radius 2 is 1.94 bits per heavy atom. The maximum atomic E-state index is 11.6. The molecule has 1 aromatic carbocycles. The lowest BCUT2D eigenvalue weighted by Gasteiger charge is -2.11. The minimum atomic E-state index is -0.566. The molecule has 0 fully saturated rings. The zero-order chi connectivity index (χ0) is 13.5. The molecular formula is C12H17N3O3. The zero-order valence-corrected chi connectivity index (χ0v) is 10.4. The number of hydrogen-bond acceptors (Lipinski definition) is 4. The molecule has 0 heterocycles. The lowest BCUT2D eigenvalue weighted by atomic mass is 10.2. The first-order valence-electron chi connectivity index (χ1n) is 5.58. The maximum Gasteiger partial charge on any atom is 0.411 e. The fourth-order valence-electron chi connectivity index (χ4n) is 1.26. The van der Waals surface area contributed by atoms with Gasteiger partial charge in [0.05, 0.1) is 13.2 Å². The number of nitrogens with two attached hydrogens (primary N) is 1. The fraction of sp³-hybridized carbons (Fsp3) is 0.333. The fourth-order valence-corrected chi connectivity index (χ4v) is 1.26. The molecule has 4 N–H and O–H groups in total. The summed E-state index contributed by atoms with van der Waals surface area (Å²) >= 11 is 0. The van der Waals surface area contributed by atoms with E-state index in [1.165, 1.54) is 7.11 Å². The van der Waals surface area contributed by atoms with Crippen LogP contribution in [0.25, 0.3) is 0 Å². The van der Waals surface area contributed by atoms with Crippen LogP contribution < -0.4 is 16.4 Å². The second-order valence-corrected chi connectivity index (χ2v) is 3.70. The van der Waals surface area contributed by atoms with Crippen molar-refractivity contribution in [3.8, 4) is 0 Å². The van der Waals surface area contributed by atoms with Gasteiger partial charge in [0.1, 0.15) is 0 Å². The molecule has 6 heteroatoms. The van der Waals surface area contributed by atoms with Crippen LogP contribution in [-0.2, 0) is 9.53 Å². The SMILES string of the molecule is CC[C@@H](N)C(=O)Nc1cccc(NC(=O)OC)c1. The second kappa shape index (κ2) is 6.61. The normalized spacial score (nSPS) is 11.5. The summed E-state index contributed by atoms with van der Waals surface area (Å²) in [5.41, 5.74) is 6.70. The number of nitrogens with one attached hydrogen (secondary N) is 2. The van der Waals surface area contributed by atoms with Crippen LogP contribution in [0.1, 0.15) is 13.3 Å². The number of methoxy groups -OCH3 is 1. The molecule has 1 rings (SSSR count). The van der Waals surface area contributed by atoms with Gasteiger partial charge in [-0.2, -0.15) is 0 Å². The van der Waals surface area contributed by atoms with Gasteiger partial charge in [-0.1, -0.05) is 13.0 Å². The van der Waals surface area contributed by atoms with E-state index in [2.05, 4.69) is 15.4 Å². The van der Waals surface area contributed by atoms with Crippen LogP contribution in [0.15, 0.2) is 24.3 Å². The third kappa shape index (κ3) is 4.06. The predicted octanol–water partition coefficient (Wildman–Crippen LogP) is 1.54. The molecule has 0 aromatic heterocycles. The van der Waals surface area contributed by atoms with E-state index in [0.29, 0.717) is 17.8 Å². The third-order valence-corrected chi connectivity index (χ3v) is 2.34. The van der Waals surface area contributed by atoms with Crippen molar-refractivity contribution in [1.29, 1.82) is 0 Å². The molecule has 0 bridgehead atoms. The molecule has 0 spiro atoms. The highest BCUT2D eigenvalue weighted by atomic mass is 16.5. The number of ether oxygens (including phenoxy) is 1. The molecule has 1 aromatic rings. The summed E-state index contributed by atoms with van der Waals surface area (Å²) in [4.78, 5) is 22.6. The van der Waals surface area contributed by atoms with Crippen molar-refractivity contribution in [2.24, 2.45) is 5.73 Å². The van der Waals surface area contributed by atoms with Crippen LogP contribution in [0.3, 0.4) is 0 Å². The van der Waals surface area contributed by atoms with E-state index < -0.39 is 12.1 Å². The van der Waals surface area contributed by atoms with E-state index >= 15 is 0 Å². The smallest absolute Gasteiger partial charge is 0.411 e. The van der Waals surface area contributed by atoms with Gasteiger partial charge in [-0.25, -0.2) is 4.79 Å². The number of benzene rings is 1. The molecule has 1 atom stereocenters. The van der Waals surface area contributed by atoms with Gasteiger partial charge in [0, 0.05) is 11.4 Å². The molecule has 0 unspecified atom stereocenters. The summed E-state index contributed by atoms with van der Waals surface area (Å²) in [6.45, 7) is 1.83. The van der Waals surface area contributed by atoms with Gasteiger partial charge >= 0.3 is 6.09 Å². The van der Waals surface area contributed by atoms with Crippen LogP contribution in [0.5, 0.6) is 0 Å². The minimum Gasteiger partial charge on any atom is -0.453 e. The number of hydrogen-bond donors (Lipinski definition) is 3. The molecule has 18 heavy (non-hydrogen) atoms. The van der Waals surface area contributed by atoms with Crippen LogP contribution in [0, 0.1) is 0 Å². The van der Waals surface area contributed by atoms with Crippen molar-refractivity contribution in [3.63, 3.8) is 0 Å². The predicted molar refractivity (Wildman–Crippen MR) is 69.4 cm³/mol. The molecule has 0 saturated carbocycles. The Morgan fingerprint density at radius 1 is 1.33 bits per heavy atom. The number of carbonyl (C=O) groups excluding carboxylic acids is 2. The van der Waals surface area contributed by atoms with E-state index in [9.17, 15) is 9.59 Å². The maximum absolute atomic E-state index is 11.6. The molecule has 98 valence electrons. The standard InChI is InChI=1S/C12H17N3O3/c1-3-10(13)11(16)14-8-5-4-6-9(7-8)15-12(17)18-2/h4-7,10H,3,13H2,1-2H3,(H,14,16)(H,15,17)/t10-/m1/s1. The summed E-state index contributed by atoms with van der Waals surface area (Å²) < 4.78 is 4.47. The molecule has 6 nitrogen and oxygen atoms in total. The molecule has 2 amide bonds. The van der Waals surface area contributed by atoms with E-state index in [4.69, 9.17) is 5.73 Å². The number of anilines is 2. The summed E-state index contributed by atoms with van der Waals surface area (Å²) in [5, 5.41) is 5.17. The van der Waals surface area contributed by atoms with Crippen LogP contribution in [-0.4, -0.2) is 25.2 Å². The average Bonchev–Trinajstić information content (AvgIpc) is 2.37. The monoisotopic (exact) mass is 251 g/mol. The molecular weight excluding hydrogens is 234 g/mol. The molecule has 0 aliphatic rings. The Bertz CT molecular complexity index is 434. The first-order chi connectivity index (χ1) is 8.56. The van der Waals surface area contributed by atoms with Crippen LogP contribution >= 0.6 is 0 Å². The van der Waals surface area contributed by atoms with E-state index in [1.807, 2.05) is 6.92 Å². The Labute approximate surface area is 105 Å².